The number of sulfonamides is 1. The third-order valence-corrected chi connectivity index (χ3v) is 7.91. The lowest BCUT2D eigenvalue weighted by molar-refractivity contribution is -0.117. The molecule has 2 aromatic rings. The van der Waals surface area contributed by atoms with Crippen LogP contribution in [0.3, 0.4) is 0 Å². The number of benzene rings is 1. The standard InChI is InChI=1S/C24H34ClN7O5S/c1-36-8-7-32-12-16-9-21(37-2)20(10-19(16)28-22(33)13-32)30-24-27-11-17(25)23(31-24)29-18-6-4-3-5-15(18)14-38(26,34)35/h9-11,15,18H,3-8,12-14H2,1-2H3,(H,28,33)(H2,26,34,35)(H2,27,29,30,31)/t15-,18+/m0/s1. The maximum Gasteiger partial charge on any atom is 0.238 e. The Kier molecular flexibility index (Phi) is 9.26. The average Bonchev–Trinajstić information content (AvgIpc) is 3.01. The maximum absolute atomic E-state index is 12.5. The highest BCUT2D eigenvalue weighted by molar-refractivity contribution is 7.89. The molecule has 12 nitrogen and oxygen atoms in total. The smallest absolute Gasteiger partial charge is 0.238 e. The number of carbonyl (C=O) groups is 1. The lowest BCUT2D eigenvalue weighted by Gasteiger charge is -2.32. The maximum atomic E-state index is 12.5. The fraction of sp³-hybridized carbons (Fsp3) is 0.542. The largest absolute Gasteiger partial charge is 0.495 e. The Hall–Kier alpha value is -2.71. The molecule has 1 aromatic carbocycles. The van der Waals surface area contributed by atoms with Crippen molar-refractivity contribution in [3.63, 3.8) is 0 Å². The first-order valence-electron chi connectivity index (χ1n) is 12.4. The third kappa shape index (κ3) is 7.44. The van der Waals surface area contributed by atoms with E-state index in [9.17, 15) is 13.2 Å². The van der Waals surface area contributed by atoms with E-state index in [2.05, 4.69) is 25.9 Å². The Morgan fingerprint density at radius 2 is 2.03 bits per heavy atom. The van der Waals surface area contributed by atoms with Crippen molar-refractivity contribution < 1.29 is 22.7 Å². The lowest BCUT2D eigenvalue weighted by Crippen LogP contribution is -2.38. The van der Waals surface area contributed by atoms with E-state index < -0.39 is 10.0 Å². The molecule has 5 N–H and O–H groups in total. The molecule has 2 atom stereocenters. The Labute approximate surface area is 227 Å². The van der Waals surface area contributed by atoms with E-state index in [1.807, 2.05) is 11.0 Å². The predicted molar refractivity (Wildman–Crippen MR) is 146 cm³/mol. The van der Waals surface area contributed by atoms with Crippen molar-refractivity contribution >= 4 is 50.7 Å². The quantitative estimate of drug-likeness (QED) is 0.336. The first kappa shape index (κ1) is 28.3. The summed E-state index contributed by atoms with van der Waals surface area (Å²) in [6.45, 7) is 1.96. The molecule has 1 fully saturated rings. The van der Waals surface area contributed by atoms with Gasteiger partial charge in [0, 0.05) is 31.9 Å². The average molecular weight is 568 g/mol. The van der Waals surface area contributed by atoms with E-state index in [-0.39, 0.29) is 36.1 Å². The molecule has 1 amide bonds. The van der Waals surface area contributed by atoms with E-state index in [0.717, 1.165) is 31.2 Å². The lowest BCUT2D eigenvalue weighted by atomic mass is 9.86. The fourth-order valence-electron chi connectivity index (χ4n) is 4.92. The number of nitrogens with one attached hydrogen (secondary N) is 3. The second-order valence-electron chi connectivity index (χ2n) is 9.60. The van der Waals surface area contributed by atoms with Crippen LogP contribution >= 0.6 is 11.6 Å². The zero-order chi connectivity index (χ0) is 27.3. The third-order valence-electron chi connectivity index (χ3n) is 6.74. The van der Waals surface area contributed by atoms with E-state index in [4.69, 9.17) is 26.2 Å². The molecule has 1 aromatic heterocycles. The SMILES string of the molecule is COCCN1CC(=O)Nc2cc(Nc3ncc(Cl)c(N[C@@H]4CCCC[C@H]4CS(N)(=O)=O)n3)c(OC)cc2C1. The van der Waals surface area contributed by atoms with E-state index in [1.165, 1.54) is 6.20 Å². The predicted octanol–water partition coefficient (Wildman–Crippen LogP) is 2.54. The number of aromatic nitrogens is 2. The summed E-state index contributed by atoms with van der Waals surface area (Å²) in [5, 5.41) is 15.1. The molecule has 0 saturated heterocycles. The summed E-state index contributed by atoms with van der Waals surface area (Å²) in [6, 6.07) is 3.53. The molecule has 2 aliphatic rings. The number of amides is 1. The van der Waals surface area contributed by atoms with Crippen LogP contribution in [0.1, 0.15) is 31.2 Å². The summed E-state index contributed by atoms with van der Waals surface area (Å²) in [5.74, 6) is 0.853. The van der Waals surface area contributed by atoms with Gasteiger partial charge in [-0.15, -0.1) is 0 Å². The molecule has 208 valence electrons. The van der Waals surface area contributed by atoms with Crippen molar-refractivity contribution in [3.05, 3.63) is 28.9 Å². The number of fused-ring (bicyclic) bond motifs is 1. The minimum atomic E-state index is -3.61. The van der Waals surface area contributed by atoms with Gasteiger partial charge < -0.3 is 25.4 Å². The van der Waals surface area contributed by atoms with Crippen LogP contribution in [0.2, 0.25) is 5.02 Å². The summed E-state index contributed by atoms with van der Waals surface area (Å²) in [7, 11) is -0.415. The molecule has 0 bridgehead atoms. The Morgan fingerprint density at radius 1 is 1.24 bits per heavy atom. The van der Waals surface area contributed by atoms with Crippen LogP contribution in [0.15, 0.2) is 18.3 Å². The number of rotatable bonds is 10. The topological polar surface area (TPSA) is 161 Å². The highest BCUT2D eigenvalue weighted by Gasteiger charge is 2.29. The summed E-state index contributed by atoms with van der Waals surface area (Å²) in [4.78, 5) is 23.3. The van der Waals surface area contributed by atoms with Gasteiger partial charge >= 0.3 is 0 Å². The summed E-state index contributed by atoms with van der Waals surface area (Å²) >= 11 is 6.39. The minimum absolute atomic E-state index is 0.0978. The van der Waals surface area contributed by atoms with Crippen molar-refractivity contribution in [1.29, 1.82) is 0 Å². The molecule has 1 aliphatic carbocycles. The van der Waals surface area contributed by atoms with Crippen LogP contribution in [0.5, 0.6) is 5.75 Å². The van der Waals surface area contributed by atoms with Crippen LogP contribution in [0, 0.1) is 5.92 Å². The van der Waals surface area contributed by atoms with Gasteiger partial charge in [-0.3, -0.25) is 9.69 Å². The van der Waals surface area contributed by atoms with E-state index in [1.54, 1.807) is 20.3 Å². The zero-order valence-electron chi connectivity index (χ0n) is 21.5. The second kappa shape index (κ2) is 12.4. The molecule has 14 heteroatoms. The zero-order valence-corrected chi connectivity index (χ0v) is 23.1. The van der Waals surface area contributed by atoms with Crippen LogP contribution in [-0.4, -0.2) is 74.9 Å². The van der Waals surface area contributed by atoms with E-state index >= 15 is 0 Å². The van der Waals surface area contributed by atoms with Crippen LogP contribution < -0.4 is 25.8 Å². The number of nitrogens with zero attached hydrogens (tertiary/aromatic N) is 3. The Balaban J connectivity index is 1.56. The number of halogens is 1. The van der Waals surface area contributed by atoms with Crippen LogP contribution in [0.4, 0.5) is 23.1 Å². The molecule has 4 rings (SSSR count). The number of primary sulfonamides is 1. The van der Waals surface area contributed by atoms with Crippen LogP contribution in [-0.2, 0) is 26.1 Å². The molecule has 0 radical (unpaired) electrons. The molecule has 0 spiro atoms. The first-order chi connectivity index (χ1) is 18.1. The monoisotopic (exact) mass is 567 g/mol. The van der Waals surface area contributed by atoms with Gasteiger partial charge in [0.1, 0.15) is 10.8 Å². The van der Waals surface area contributed by atoms with Crippen molar-refractivity contribution in [2.75, 3.05) is 55.6 Å². The molecular formula is C24H34ClN7O5S. The van der Waals surface area contributed by atoms with Gasteiger partial charge in [0.25, 0.3) is 0 Å². The number of nitrogens with two attached hydrogens (primary N) is 1. The molecule has 2 heterocycles. The molecular weight excluding hydrogens is 534 g/mol. The van der Waals surface area contributed by atoms with Crippen molar-refractivity contribution in [2.45, 2.75) is 38.3 Å². The summed E-state index contributed by atoms with van der Waals surface area (Å²) in [5.41, 5.74) is 2.14. The summed E-state index contributed by atoms with van der Waals surface area (Å²) < 4.78 is 34.2. The van der Waals surface area contributed by atoms with Gasteiger partial charge in [-0.05, 0) is 36.5 Å². The van der Waals surface area contributed by atoms with Gasteiger partial charge in [-0.25, -0.2) is 18.5 Å². The molecule has 38 heavy (non-hydrogen) atoms. The van der Waals surface area contributed by atoms with Gasteiger partial charge in [0.05, 0.1) is 37.9 Å². The van der Waals surface area contributed by atoms with Crippen molar-refractivity contribution in [1.82, 2.24) is 14.9 Å². The fourth-order valence-corrected chi connectivity index (χ4v) is 6.07. The highest BCUT2D eigenvalue weighted by atomic mass is 35.5. The van der Waals surface area contributed by atoms with Crippen molar-refractivity contribution in [3.8, 4) is 5.75 Å². The Bertz CT molecular complexity index is 1260. The molecule has 1 aliphatic heterocycles. The second-order valence-corrected chi connectivity index (χ2v) is 11.7. The number of anilines is 4. The van der Waals surface area contributed by atoms with Gasteiger partial charge in [-0.1, -0.05) is 24.4 Å². The number of methoxy groups -OCH3 is 2. The molecule has 1 saturated carbocycles. The summed E-state index contributed by atoms with van der Waals surface area (Å²) in [6.07, 6.45) is 4.92. The van der Waals surface area contributed by atoms with Crippen molar-refractivity contribution in [2.24, 2.45) is 11.1 Å². The van der Waals surface area contributed by atoms with Gasteiger partial charge in [-0.2, -0.15) is 4.98 Å². The minimum Gasteiger partial charge on any atom is -0.495 e. The van der Waals surface area contributed by atoms with Gasteiger partial charge in [0.15, 0.2) is 5.82 Å². The first-order valence-corrected chi connectivity index (χ1v) is 14.5. The number of hydrogen-bond acceptors (Lipinski definition) is 10. The number of carbonyl (C=O) groups excluding carboxylic acids is 1. The highest BCUT2D eigenvalue weighted by Crippen LogP contribution is 2.36. The molecule has 0 unspecified atom stereocenters. The normalized spacial score (nSPS) is 20.3. The number of ether oxygens (including phenoxy) is 2. The van der Waals surface area contributed by atoms with E-state index in [0.29, 0.717) is 47.7 Å². The van der Waals surface area contributed by atoms with Crippen LogP contribution in [0.25, 0.3) is 0 Å². The Morgan fingerprint density at radius 3 is 2.76 bits per heavy atom. The van der Waals surface area contributed by atoms with Gasteiger partial charge in [0.2, 0.25) is 21.9 Å². The number of hydrogen-bond donors (Lipinski definition) is 4.